The molecule has 0 saturated heterocycles. The maximum absolute atomic E-state index is 12.6. The van der Waals surface area contributed by atoms with Gasteiger partial charge in [0.25, 0.3) is 0 Å². The molecule has 0 heterocycles. The van der Waals surface area contributed by atoms with Gasteiger partial charge in [-0.1, -0.05) is 74.4 Å². The van der Waals surface area contributed by atoms with E-state index in [1.54, 1.807) is 6.92 Å². The second-order valence-corrected chi connectivity index (χ2v) is 6.54. The van der Waals surface area contributed by atoms with Crippen LogP contribution in [-0.2, 0) is 21.6 Å². The maximum Gasteiger partial charge on any atom is 0.306 e. The number of hydrogen-bond donors (Lipinski definition) is 0. The van der Waals surface area contributed by atoms with Gasteiger partial charge in [0.1, 0.15) is 5.60 Å². The molecular weight excluding hydrogens is 310 g/mol. The molecule has 2 aromatic rings. The van der Waals surface area contributed by atoms with E-state index in [1.165, 1.54) is 0 Å². The lowest BCUT2D eigenvalue weighted by atomic mass is 9.77. The maximum atomic E-state index is 12.6. The van der Waals surface area contributed by atoms with Crippen molar-refractivity contribution in [3.63, 3.8) is 0 Å². The van der Waals surface area contributed by atoms with E-state index in [9.17, 15) is 4.79 Å². The Balaban J connectivity index is 2.87. The topological polar surface area (TPSA) is 29.5 Å². The molecule has 2 unspecified atom stereocenters. The third-order valence-electron chi connectivity index (χ3n) is 4.25. The minimum absolute atomic E-state index is 0.0218. The predicted molar refractivity (Wildman–Crippen MR) is 102 cm³/mol. The molecule has 25 heavy (non-hydrogen) atoms. The Bertz CT molecular complexity index is 875. The monoisotopic (exact) mass is 344 g/mol. The van der Waals surface area contributed by atoms with Crippen LogP contribution in [0.4, 0.5) is 0 Å². The van der Waals surface area contributed by atoms with Crippen molar-refractivity contribution in [3.8, 4) is 0 Å². The van der Waals surface area contributed by atoms with Crippen LogP contribution in [0.15, 0.2) is 60.5 Å². The Kier molecular flexibility index (Phi) is 4.63. The summed E-state index contributed by atoms with van der Waals surface area (Å²) >= 11 is 0. The minimum atomic E-state index is -1.42. The van der Waals surface area contributed by atoms with Crippen LogP contribution >= 0.6 is 0 Å². The van der Waals surface area contributed by atoms with Crippen molar-refractivity contribution in [1.82, 2.24) is 4.90 Å². The summed E-state index contributed by atoms with van der Waals surface area (Å²) in [5.74, 6) is -0.838. The Morgan fingerprint density at radius 3 is 2.40 bits per heavy atom. The zero-order valence-electron chi connectivity index (χ0n) is 20.3. The Hall–Kier alpha value is -2.13. The minimum Gasteiger partial charge on any atom is -0.453 e. The number of ether oxygens (including phenoxy) is 1. The molecule has 0 aliphatic rings. The number of nitrogens with zero attached hydrogens (tertiary/aromatic N) is 1. The first kappa shape index (κ1) is 13.1. The summed E-state index contributed by atoms with van der Waals surface area (Å²) in [4.78, 5) is 14.5. The Labute approximate surface area is 158 Å². The van der Waals surface area contributed by atoms with Crippen LogP contribution in [0.1, 0.15) is 38.2 Å². The van der Waals surface area contributed by atoms with Gasteiger partial charge < -0.3 is 9.64 Å². The molecule has 0 spiro atoms. The number of carbonyl (C=O) groups excluding carboxylic acids is 1. The second-order valence-electron chi connectivity index (χ2n) is 6.54. The lowest BCUT2D eigenvalue weighted by molar-refractivity contribution is -0.168. The highest BCUT2D eigenvalue weighted by Gasteiger charge is 2.42. The van der Waals surface area contributed by atoms with Crippen molar-refractivity contribution >= 4 is 5.97 Å². The zero-order valence-corrected chi connectivity index (χ0v) is 15.3. The predicted octanol–water partition coefficient (Wildman–Crippen LogP) is 4.28. The highest BCUT2D eigenvalue weighted by molar-refractivity contribution is 5.69. The van der Waals surface area contributed by atoms with Crippen molar-refractivity contribution in [2.24, 2.45) is 5.92 Å². The van der Waals surface area contributed by atoms with Gasteiger partial charge in [-0.2, -0.15) is 0 Å². The largest absolute Gasteiger partial charge is 0.453 e. The van der Waals surface area contributed by atoms with Gasteiger partial charge in [-0.15, -0.1) is 0 Å². The third-order valence-corrected chi connectivity index (χ3v) is 4.25. The highest BCUT2D eigenvalue weighted by Crippen LogP contribution is 2.38. The Morgan fingerprint density at radius 1 is 1.20 bits per heavy atom. The molecule has 3 heteroatoms. The van der Waals surface area contributed by atoms with E-state index in [1.807, 2.05) is 56.3 Å². The smallest absolute Gasteiger partial charge is 0.306 e. The molecule has 0 fully saturated rings. The van der Waals surface area contributed by atoms with Crippen LogP contribution in [0.25, 0.3) is 0 Å². The van der Waals surface area contributed by atoms with Crippen molar-refractivity contribution in [1.29, 1.82) is 0 Å². The molecule has 2 rings (SSSR count). The van der Waals surface area contributed by atoms with Crippen molar-refractivity contribution < 1.29 is 16.4 Å². The van der Waals surface area contributed by atoms with Crippen molar-refractivity contribution in [2.75, 3.05) is 20.6 Å². The first-order valence-corrected chi connectivity index (χ1v) is 8.53. The molecule has 0 radical (unpaired) electrons. The molecule has 3 nitrogen and oxygen atoms in total. The molecule has 0 N–H and O–H groups in total. The molecule has 0 aliphatic carbocycles. The van der Waals surface area contributed by atoms with E-state index >= 15 is 0 Å². The van der Waals surface area contributed by atoms with E-state index in [0.717, 1.165) is 5.56 Å². The summed E-state index contributed by atoms with van der Waals surface area (Å²) < 4.78 is 47.4. The molecular formula is C22H29NO2. The third kappa shape index (κ3) is 4.93. The van der Waals surface area contributed by atoms with Crippen LogP contribution in [-0.4, -0.2) is 31.5 Å². The van der Waals surface area contributed by atoms with Gasteiger partial charge in [-0.25, -0.2) is 0 Å². The van der Waals surface area contributed by atoms with Crippen molar-refractivity contribution in [2.45, 2.75) is 32.3 Å². The SMILES string of the molecule is [2H]c1c([2H])c([2H])c(C(Cc2ccccc2)(OC(=O)CC)C(C)CN(C)C)c([2H])c1[2H]. The van der Waals surface area contributed by atoms with Crippen LogP contribution in [0, 0.1) is 5.92 Å². The molecule has 0 aliphatic heterocycles. The van der Waals surface area contributed by atoms with Gasteiger partial charge in [0.15, 0.2) is 0 Å². The number of carbonyl (C=O) groups is 1. The second kappa shape index (κ2) is 8.82. The first-order chi connectivity index (χ1) is 14.0. The fraction of sp³-hybridized carbons (Fsp3) is 0.409. The number of benzene rings is 2. The zero-order chi connectivity index (χ0) is 22.6. The van der Waals surface area contributed by atoms with E-state index < -0.39 is 29.7 Å². The average molecular weight is 345 g/mol. The fourth-order valence-corrected chi connectivity index (χ4v) is 3.03. The first-order valence-electron chi connectivity index (χ1n) is 11.0. The van der Waals surface area contributed by atoms with Crippen LogP contribution in [0.3, 0.4) is 0 Å². The standard InChI is InChI=1S/C22H29NO2/c1-5-21(24)25-22(18(2)17-23(3)4,20-14-10-7-11-15-20)16-19-12-8-6-9-13-19/h6-15,18H,5,16-17H2,1-4H3/i7D,10D,11D,14D,15D. The van der Waals surface area contributed by atoms with Crippen LogP contribution in [0.5, 0.6) is 0 Å². The van der Waals surface area contributed by atoms with Crippen LogP contribution in [0.2, 0.25) is 0 Å². The molecule has 0 aromatic heterocycles. The normalized spacial score (nSPS) is 17.6. The summed E-state index contributed by atoms with van der Waals surface area (Å²) in [7, 11) is 3.76. The quantitative estimate of drug-likeness (QED) is 0.670. The summed E-state index contributed by atoms with van der Waals surface area (Å²) in [5, 5.41) is 0. The van der Waals surface area contributed by atoms with Gasteiger partial charge in [-0.05, 0) is 25.2 Å². The van der Waals surface area contributed by atoms with Gasteiger partial charge in [0, 0.05) is 25.3 Å². The van der Waals surface area contributed by atoms with Crippen LogP contribution < -0.4 is 0 Å². The number of hydrogen-bond acceptors (Lipinski definition) is 3. The summed E-state index contributed by atoms with van der Waals surface area (Å²) in [6.07, 6.45) is 0.312. The van der Waals surface area contributed by atoms with Crippen molar-refractivity contribution in [3.05, 3.63) is 71.7 Å². The lowest BCUT2D eigenvalue weighted by Crippen LogP contribution is -2.44. The molecule has 0 bridgehead atoms. The lowest BCUT2D eigenvalue weighted by Gasteiger charge is -2.40. The van der Waals surface area contributed by atoms with Gasteiger partial charge in [0.2, 0.25) is 0 Å². The van der Waals surface area contributed by atoms with Gasteiger partial charge in [0.05, 0.1) is 6.85 Å². The average Bonchev–Trinajstić information content (AvgIpc) is 2.70. The molecule has 2 atom stereocenters. The highest BCUT2D eigenvalue weighted by atomic mass is 16.6. The van der Waals surface area contributed by atoms with E-state index in [2.05, 4.69) is 0 Å². The fourth-order valence-electron chi connectivity index (χ4n) is 3.03. The molecule has 2 aromatic carbocycles. The summed E-state index contributed by atoms with van der Waals surface area (Å²) in [6, 6.07) is 7.33. The molecule has 0 amide bonds. The summed E-state index contributed by atoms with van der Waals surface area (Å²) in [6.45, 7) is 4.05. The molecule has 0 saturated carbocycles. The Morgan fingerprint density at radius 2 is 1.84 bits per heavy atom. The number of esters is 1. The van der Waals surface area contributed by atoms with E-state index in [0.29, 0.717) is 6.54 Å². The van der Waals surface area contributed by atoms with E-state index in [4.69, 9.17) is 11.6 Å². The number of rotatable bonds is 8. The van der Waals surface area contributed by atoms with Gasteiger partial charge in [-0.3, -0.25) is 4.79 Å². The summed E-state index contributed by atoms with van der Waals surface area (Å²) in [5.41, 5.74) is -0.557. The molecule has 134 valence electrons. The van der Waals surface area contributed by atoms with Gasteiger partial charge >= 0.3 is 5.97 Å². The van der Waals surface area contributed by atoms with E-state index in [-0.39, 0.29) is 36.4 Å².